The predicted octanol–water partition coefficient (Wildman–Crippen LogP) is 0.417. The summed E-state index contributed by atoms with van der Waals surface area (Å²) in [7, 11) is 2.12. The molecule has 1 aromatic rings. The van der Waals surface area contributed by atoms with E-state index >= 15 is 0 Å². The molecule has 108 valence electrons. The Labute approximate surface area is 118 Å². The van der Waals surface area contributed by atoms with E-state index in [0.717, 1.165) is 56.8 Å². The number of hydrogen-bond donors (Lipinski definition) is 2. The van der Waals surface area contributed by atoms with Crippen LogP contribution >= 0.6 is 0 Å². The number of fused-ring (bicyclic) bond motifs is 1. The number of nitrogens with zero attached hydrogens (tertiary/aromatic N) is 4. The monoisotopic (exact) mass is 275 g/mol. The van der Waals surface area contributed by atoms with Gasteiger partial charge < -0.3 is 20.7 Å². The van der Waals surface area contributed by atoms with Crippen LogP contribution in [0.25, 0.3) is 0 Å². The number of piperazine rings is 1. The third-order valence-corrected chi connectivity index (χ3v) is 4.22. The smallest absolute Gasteiger partial charge is 0.173 e. The first-order chi connectivity index (χ1) is 9.69. The average molecular weight is 275 g/mol. The van der Waals surface area contributed by atoms with E-state index < -0.39 is 0 Å². The highest BCUT2D eigenvalue weighted by Crippen LogP contribution is 2.27. The zero-order chi connectivity index (χ0) is 14.1. The fourth-order valence-corrected chi connectivity index (χ4v) is 2.96. The van der Waals surface area contributed by atoms with Gasteiger partial charge >= 0.3 is 0 Å². The highest BCUT2D eigenvalue weighted by molar-refractivity contribution is 6.01. The Morgan fingerprint density at radius 2 is 2.05 bits per heavy atom. The molecule has 2 aliphatic rings. The van der Waals surface area contributed by atoms with E-state index in [1.165, 1.54) is 11.3 Å². The lowest BCUT2D eigenvalue weighted by Crippen LogP contribution is -2.45. The van der Waals surface area contributed by atoms with Crippen LogP contribution < -0.4 is 10.6 Å². The van der Waals surface area contributed by atoms with E-state index in [0.29, 0.717) is 0 Å². The van der Waals surface area contributed by atoms with Crippen molar-refractivity contribution in [2.24, 2.45) is 10.9 Å². The quantitative estimate of drug-likeness (QED) is 0.354. The number of pyridine rings is 1. The normalized spacial score (nSPS) is 20.2. The van der Waals surface area contributed by atoms with E-state index in [-0.39, 0.29) is 5.84 Å². The molecular formula is C14H21N5O. The molecule has 6 nitrogen and oxygen atoms in total. The van der Waals surface area contributed by atoms with Crippen LogP contribution in [0.2, 0.25) is 0 Å². The minimum atomic E-state index is 0.154. The third kappa shape index (κ3) is 2.31. The molecule has 3 N–H and O–H groups in total. The largest absolute Gasteiger partial charge is 0.409 e. The predicted molar refractivity (Wildman–Crippen MR) is 78.5 cm³/mol. The van der Waals surface area contributed by atoms with Gasteiger partial charge in [0.1, 0.15) is 5.82 Å². The third-order valence-electron chi connectivity index (χ3n) is 4.22. The van der Waals surface area contributed by atoms with E-state index in [1.807, 2.05) is 0 Å². The van der Waals surface area contributed by atoms with E-state index in [9.17, 15) is 0 Å². The summed E-state index contributed by atoms with van der Waals surface area (Å²) in [5, 5.41) is 12.2. The van der Waals surface area contributed by atoms with Gasteiger partial charge in [0.2, 0.25) is 0 Å². The Morgan fingerprint density at radius 3 is 2.75 bits per heavy atom. The summed E-state index contributed by atoms with van der Waals surface area (Å²) in [6.45, 7) is 3.87. The molecule has 1 aromatic heterocycles. The minimum Gasteiger partial charge on any atom is -0.409 e. The van der Waals surface area contributed by atoms with Crippen LogP contribution in [0, 0.1) is 0 Å². The highest BCUT2D eigenvalue weighted by atomic mass is 16.4. The SMILES string of the molecule is CN1CCN(c2nc3c(cc2C(N)=NO)CCC3)CC1. The van der Waals surface area contributed by atoms with Crippen molar-refractivity contribution < 1.29 is 5.21 Å². The summed E-state index contributed by atoms with van der Waals surface area (Å²) < 4.78 is 0. The Kier molecular flexibility index (Phi) is 3.48. The second-order valence-electron chi connectivity index (χ2n) is 5.59. The Morgan fingerprint density at radius 1 is 1.30 bits per heavy atom. The van der Waals surface area contributed by atoms with Gasteiger partial charge in [0.15, 0.2) is 5.84 Å². The van der Waals surface area contributed by atoms with Crippen LogP contribution in [0.15, 0.2) is 11.2 Å². The van der Waals surface area contributed by atoms with Crippen LogP contribution in [0.5, 0.6) is 0 Å². The number of rotatable bonds is 2. The number of anilines is 1. The van der Waals surface area contributed by atoms with Gasteiger partial charge in [0.25, 0.3) is 0 Å². The first-order valence-corrected chi connectivity index (χ1v) is 7.13. The topological polar surface area (TPSA) is 78.0 Å². The number of amidine groups is 1. The lowest BCUT2D eigenvalue weighted by Gasteiger charge is -2.34. The van der Waals surface area contributed by atoms with Crippen molar-refractivity contribution in [3.8, 4) is 0 Å². The molecule has 0 saturated carbocycles. The number of likely N-dealkylation sites (N-methyl/N-ethyl adjacent to an activating group) is 1. The number of aromatic nitrogens is 1. The zero-order valence-corrected chi connectivity index (χ0v) is 11.8. The molecule has 2 heterocycles. The van der Waals surface area contributed by atoms with Gasteiger partial charge in [0, 0.05) is 31.9 Å². The van der Waals surface area contributed by atoms with Crippen molar-refractivity contribution in [1.29, 1.82) is 0 Å². The van der Waals surface area contributed by atoms with Gasteiger partial charge in [-0.2, -0.15) is 0 Å². The Balaban J connectivity index is 1.99. The Hall–Kier alpha value is -1.82. The molecule has 6 heteroatoms. The molecule has 0 aromatic carbocycles. The molecule has 1 aliphatic carbocycles. The van der Waals surface area contributed by atoms with Crippen LogP contribution in [0.4, 0.5) is 5.82 Å². The van der Waals surface area contributed by atoms with Crippen molar-refractivity contribution in [3.63, 3.8) is 0 Å². The van der Waals surface area contributed by atoms with Crippen LogP contribution in [-0.4, -0.2) is 54.2 Å². The molecule has 1 aliphatic heterocycles. The van der Waals surface area contributed by atoms with E-state index in [4.69, 9.17) is 15.9 Å². The van der Waals surface area contributed by atoms with Gasteiger partial charge in [-0.3, -0.25) is 0 Å². The second kappa shape index (κ2) is 5.28. The van der Waals surface area contributed by atoms with Gasteiger partial charge in [-0.25, -0.2) is 4.98 Å². The first-order valence-electron chi connectivity index (χ1n) is 7.13. The van der Waals surface area contributed by atoms with E-state index in [1.54, 1.807) is 0 Å². The Bertz CT molecular complexity index is 535. The first kappa shape index (κ1) is 13.2. The summed E-state index contributed by atoms with van der Waals surface area (Å²) in [5.74, 6) is 1.02. The van der Waals surface area contributed by atoms with Crippen molar-refractivity contribution in [2.75, 3.05) is 38.1 Å². The van der Waals surface area contributed by atoms with Crippen molar-refractivity contribution in [3.05, 3.63) is 22.9 Å². The lowest BCUT2D eigenvalue weighted by molar-refractivity contribution is 0.311. The number of hydrogen-bond acceptors (Lipinski definition) is 5. The summed E-state index contributed by atoms with van der Waals surface area (Å²) in [5.41, 5.74) is 9.02. The number of aryl methyl sites for hydroxylation is 2. The molecular weight excluding hydrogens is 254 g/mol. The average Bonchev–Trinajstić information content (AvgIpc) is 2.93. The zero-order valence-electron chi connectivity index (χ0n) is 11.8. The van der Waals surface area contributed by atoms with Crippen molar-refractivity contribution in [1.82, 2.24) is 9.88 Å². The van der Waals surface area contributed by atoms with Crippen LogP contribution in [-0.2, 0) is 12.8 Å². The van der Waals surface area contributed by atoms with Crippen LogP contribution in [0.1, 0.15) is 23.2 Å². The number of oxime groups is 1. The molecule has 1 saturated heterocycles. The standard InChI is InChI=1S/C14H21N5O/c1-18-5-7-19(8-6-18)14-11(13(15)17-20)9-10-3-2-4-12(10)16-14/h9,20H,2-8H2,1H3,(H2,15,17). The summed E-state index contributed by atoms with van der Waals surface area (Å²) in [6.07, 6.45) is 3.22. The van der Waals surface area contributed by atoms with Crippen molar-refractivity contribution in [2.45, 2.75) is 19.3 Å². The molecule has 0 spiro atoms. The molecule has 0 atom stereocenters. The van der Waals surface area contributed by atoms with Crippen LogP contribution in [0.3, 0.4) is 0 Å². The number of nitrogens with two attached hydrogens (primary N) is 1. The van der Waals surface area contributed by atoms with Gasteiger partial charge in [-0.1, -0.05) is 5.16 Å². The molecule has 0 radical (unpaired) electrons. The maximum Gasteiger partial charge on any atom is 0.173 e. The maximum atomic E-state index is 9.01. The van der Waals surface area contributed by atoms with Gasteiger partial charge in [-0.05, 0) is 37.9 Å². The fraction of sp³-hybridized carbons (Fsp3) is 0.571. The second-order valence-corrected chi connectivity index (χ2v) is 5.59. The molecule has 0 unspecified atom stereocenters. The summed E-state index contributed by atoms with van der Waals surface area (Å²) in [6, 6.07) is 2.05. The summed E-state index contributed by atoms with van der Waals surface area (Å²) >= 11 is 0. The lowest BCUT2D eigenvalue weighted by atomic mass is 10.1. The molecule has 0 bridgehead atoms. The minimum absolute atomic E-state index is 0.154. The van der Waals surface area contributed by atoms with Gasteiger partial charge in [0.05, 0.1) is 5.56 Å². The maximum absolute atomic E-state index is 9.01. The molecule has 3 rings (SSSR count). The molecule has 20 heavy (non-hydrogen) atoms. The fourth-order valence-electron chi connectivity index (χ4n) is 2.96. The molecule has 1 fully saturated rings. The highest BCUT2D eigenvalue weighted by Gasteiger charge is 2.23. The summed E-state index contributed by atoms with van der Waals surface area (Å²) in [4.78, 5) is 9.35. The van der Waals surface area contributed by atoms with Crippen molar-refractivity contribution >= 4 is 11.7 Å². The van der Waals surface area contributed by atoms with E-state index in [2.05, 4.69) is 28.1 Å². The molecule has 0 amide bonds. The van der Waals surface area contributed by atoms with Gasteiger partial charge in [-0.15, -0.1) is 0 Å².